The molecule has 84 valence electrons. The number of ether oxygens (including phenoxy) is 1. The second-order valence-corrected chi connectivity index (χ2v) is 3.06. The lowest BCUT2D eigenvalue weighted by atomic mass is 10.2. The molecular weight excluding hydrogens is 235 g/mol. The molecule has 0 bridgehead atoms. The zero-order valence-electron chi connectivity index (χ0n) is 7.31. The summed E-state index contributed by atoms with van der Waals surface area (Å²) in [7, 11) is 0. The van der Waals surface area contributed by atoms with Crippen molar-refractivity contribution >= 4 is 17.3 Å². The molecule has 7 heteroatoms. The molecule has 1 aromatic rings. The number of hydrogen-bond donors (Lipinski definition) is 2. The van der Waals surface area contributed by atoms with Gasteiger partial charge in [0, 0.05) is 10.6 Å². The summed E-state index contributed by atoms with van der Waals surface area (Å²) >= 11 is 5.57. The molecule has 0 saturated heterocycles. The molecule has 0 aliphatic rings. The molecule has 0 aromatic heterocycles. The molecule has 1 aromatic carbocycles. The van der Waals surface area contributed by atoms with Crippen LogP contribution < -0.4 is 10.5 Å². The number of nitrogen functional groups attached to an aromatic ring is 1. The topological polar surface area (TPSA) is 55.5 Å². The number of aliphatic hydroxyl groups is 1. The van der Waals surface area contributed by atoms with Crippen molar-refractivity contribution in [3.05, 3.63) is 22.7 Å². The molecule has 0 unspecified atom stereocenters. The van der Waals surface area contributed by atoms with Crippen molar-refractivity contribution in [3.8, 4) is 5.75 Å². The number of anilines is 1. The minimum atomic E-state index is -4.87. The van der Waals surface area contributed by atoms with Gasteiger partial charge in [0.25, 0.3) is 0 Å². The van der Waals surface area contributed by atoms with Gasteiger partial charge in [-0.3, -0.25) is 0 Å². The van der Waals surface area contributed by atoms with E-state index in [-0.39, 0.29) is 16.3 Å². The average molecular weight is 242 g/mol. The molecule has 0 fully saturated rings. The van der Waals surface area contributed by atoms with Crippen molar-refractivity contribution in [2.75, 3.05) is 5.73 Å². The van der Waals surface area contributed by atoms with Crippen molar-refractivity contribution < 1.29 is 23.0 Å². The van der Waals surface area contributed by atoms with Gasteiger partial charge in [-0.05, 0) is 12.1 Å². The summed E-state index contributed by atoms with van der Waals surface area (Å²) in [5, 5.41) is 8.80. The average Bonchev–Trinajstić information content (AvgIpc) is 2.10. The Labute approximate surface area is 88.2 Å². The van der Waals surface area contributed by atoms with Gasteiger partial charge in [-0.1, -0.05) is 11.6 Å². The van der Waals surface area contributed by atoms with Crippen LogP contribution >= 0.6 is 11.6 Å². The minimum Gasteiger partial charge on any atom is -0.403 e. The molecule has 0 aliphatic carbocycles. The van der Waals surface area contributed by atoms with Crippen molar-refractivity contribution in [1.29, 1.82) is 0 Å². The van der Waals surface area contributed by atoms with Crippen LogP contribution in [0.3, 0.4) is 0 Å². The standard InChI is InChI=1S/C8H7ClF3NO2/c9-5-1-2-6(13)7(4(5)3-14)15-8(10,11)12/h1-2,14H,3,13H2. The lowest BCUT2D eigenvalue weighted by Gasteiger charge is -2.15. The molecular formula is C8H7ClF3NO2. The van der Waals surface area contributed by atoms with Crippen LogP contribution in [0.1, 0.15) is 5.56 Å². The SMILES string of the molecule is Nc1ccc(Cl)c(CO)c1OC(F)(F)F. The van der Waals surface area contributed by atoms with Crippen LogP contribution in [0.5, 0.6) is 5.75 Å². The van der Waals surface area contributed by atoms with E-state index in [0.717, 1.165) is 0 Å². The fourth-order valence-electron chi connectivity index (χ4n) is 1.01. The fourth-order valence-corrected chi connectivity index (χ4v) is 1.21. The molecule has 3 nitrogen and oxygen atoms in total. The van der Waals surface area contributed by atoms with Crippen LogP contribution in [0.25, 0.3) is 0 Å². The summed E-state index contributed by atoms with van der Waals surface area (Å²) in [4.78, 5) is 0. The predicted octanol–water partition coefficient (Wildman–Crippen LogP) is 2.31. The number of halogens is 4. The van der Waals surface area contributed by atoms with Gasteiger partial charge in [-0.15, -0.1) is 13.2 Å². The maximum Gasteiger partial charge on any atom is 0.573 e. The lowest BCUT2D eigenvalue weighted by Crippen LogP contribution is -2.19. The first kappa shape index (κ1) is 11.9. The maximum atomic E-state index is 12.0. The van der Waals surface area contributed by atoms with Crippen molar-refractivity contribution in [1.82, 2.24) is 0 Å². The highest BCUT2D eigenvalue weighted by Gasteiger charge is 2.33. The molecule has 15 heavy (non-hydrogen) atoms. The van der Waals surface area contributed by atoms with Crippen LogP contribution in [-0.4, -0.2) is 11.5 Å². The first-order valence-electron chi connectivity index (χ1n) is 3.78. The van der Waals surface area contributed by atoms with Gasteiger partial charge in [-0.2, -0.15) is 0 Å². The zero-order chi connectivity index (χ0) is 11.6. The molecule has 0 atom stereocenters. The van der Waals surface area contributed by atoms with E-state index < -0.39 is 18.7 Å². The number of rotatable bonds is 2. The molecule has 0 amide bonds. The van der Waals surface area contributed by atoms with Gasteiger partial charge in [0.15, 0.2) is 5.75 Å². The Morgan fingerprint density at radius 1 is 1.40 bits per heavy atom. The highest BCUT2D eigenvalue weighted by Crippen LogP contribution is 2.36. The second-order valence-electron chi connectivity index (χ2n) is 2.65. The summed E-state index contributed by atoms with van der Waals surface area (Å²) in [5.74, 6) is -0.655. The predicted molar refractivity (Wildman–Crippen MR) is 48.5 cm³/mol. The van der Waals surface area contributed by atoms with Gasteiger partial charge in [-0.25, -0.2) is 0 Å². The Hall–Kier alpha value is -1.14. The van der Waals surface area contributed by atoms with Crippen LogP contribution in [-0.2, 0) is 6.61 Å². The third-order valence-corrected chi connectivity index (χ3v) is 1.96. The lowest BCUT2D eigenvalue weighted by molar-refractivity contribution is -0.274. The first-order chi connectivity index (χ1) is 6.85. The van der Waals surface area contributed by atoms with E-state index in [0.29, 0.717) is 0 Å². The van der Waals surface area contributed by atoms with Crippen molar-refractivity contribution in [3.63, 3.8) is 0 Å². The van der Waals surface area contributed by atoms with Gasteiger partial charge in [0.05, 0.1) is 12.3 Å². The van der Waals surface area contributed by atoms with Crippen molar-refractivity contribution in [2.45, 2.75) is 13.0 Å². The Morgan fingerprint density at radius 2 is 2.00 bits per heavy atom. The molecule has 0 spiro atoms. The van der Waals surface area contributed by atoms with E-state index >= 15 is 0 Å². The third-order valence-electron chi connectivity index (χ3n) is 1.61. The van der Waals surface area contributed by atoms with E-state index in [9.17, 15) is 13.2 Å². The van der Waals surface area contributed by atoms with Gasteiger partial charge in [0.1, 0.15) is 0 Å². The third kappa shape index (κ3) is 2.90. The largest absolute Gasteiger partial charge is 0.573 e. The van der Waals surface area contributed by atoms with E-state index in [2.05, 4.69) is 4.74 Å². The van der Waals surface area contributed by atoms with Crippen LogP contribution in [0.2, 0.25) is 5.02 Å². The molecule has 0 heterocycles. The Kier molecular flexibility index (Phi) is 3.31. The van der Waals surface area contributed by atoms with Crippen LogP contribution in [0.4, 0.5) is 18.9 Å². The number of benzene rings is 1. The smallest absolute Gasteiger partial charge is 0.403 e. The van der Waals surface area contributed by atoms with Crippen LogP contribution in [0, 0.1) is 0 Å². The van der Waals surface area contributed by atoms with Gasteiger partial charge < -0.3 is 15.6 Å². The van der Waals surface area contributed by atoms with E-state index in [4.69, 9.17) is 22.4 Å². The highest BCUT2D eigenvalue weighted by atomic mass is 35.5. The molecule has 0 saturated carbocycles. The van der Waals surface area contributed by atoms with Gasteiger partial charge >= 0.3 is 6.36 Å². The van der Waals surface area contributed by atoms with Crippen molar-refractivity contribution in [2.24, 2.45) is 0 Å². The quantitative estimate of drug-likeness (QED) is 0.782. The summed E-state index contributed by atoms with van der Waals surface area (Å²) in [5.41, 5.74) is 4.86. The van der Waals surface area contributed by atoms with E-state index in [1.54, 1.807) is 0 Å². The minimum absolute atomic E-state index is 0.0362. The fraction of sp³-hybridized carbons (Fsp3) is 0.250. The Bertz CT molecular complexity index is 368. The summed E-state index contributed by atoms with van der Waals surface area (Å²) < 4.78 is 39.6. The summed E-state index contributed by atoms with van der Waals surface area (Å²) in [6.45, 7) is -0.685. The normalized spacial score (nSPS) is 11.5. The Balaban J connectivity index is 3.20. The summed E-state index contributed by atoms with van der Waals surface area (Å²) in [6.07, 6.45) is -4.87. The molecule has 0 radical (unpaired) electrons. The van der Waals surface area contributed by atoms with E-state index in [1.807, 2.05) is 0 Å². The second kappa shape index (κ2) is 4.16. The summed E-state index contributed by atoms with van der Waals surface area (Å²) in [6, 6.07) is 2.45. The molecule has 3 N–H and O–H groups in total. The highest BCUT2D eigenvalue weighted by molar-refractivity contribution is 6.31. The van der Waals surface area contributed by atoms with Crippen LogP contribution in [0.15, 0.2) is 12.1 Å². The van der Waals surface area contributed by atoms with Gasteiger partial charge in [0.2, 0.25) is 0 Å². The number of aliphatic hydroxyl groups excluding tert-OH is 1. The first-order valence-corrected chi connectivity index (χ1v) is 4.16. The number of nitrogens with two attached hydrogens (primary N) is 1. The number of alkyl halides is 3. The molecule has 1 rings (SSSR count). The maximum absolute atomic E-state index is 12.0. The monoisotopic (exact) mass is 241 g/mol. The molecule has 0 aliphatic heterocycles. The van der Waals surface area contributed by atoms with E-state index in [1.165, 1.54) is 12.1 Å². The zero-order valence-corrected chi connectivity index (χ0v) is 8.06. The Morgan fingerprint density at radius 3 is 2.47 bits per heavy atom. The number of hydrogen-bond acceptors (Lipinski definition) is 3.